The van der Waals surface area contributed by atoms with Gasteiger partial charge in [0.2, 0.25) is 15.9 Å². The zero-order valence-corrected chi connectivity index (χ0v) is 11.3. The van der Waals surface area contributed by atoms with Crippen LogP contribution < -0.4 is 9.46 Å². The summed E-state index contributed by atoms with van der Waals surface area (Å²) in [6.07, 6.45) is 0.435. The van der Waals surface area contributed by atoms with E-state index in [-0.39, 0.29) is 18.6 Å². The molecule has 0 aliphatic heterocycles. The molecule has 104 valence electrons. The fourth-order valence-corrected chi connectivity index (χ4v) is 2.54. The van der Waals surface area contributed by atoms with Gasteiger partial charge in [-0.2, -0.15) is 0 Å². The summed E-state index contributed by atoms with van der Waals surface area (Å²) in [4.78, 5) is 21.3. The monoisotopic (exact) mass is 285 g/mol. The molecule has 7 heteroatoms. The maximum absolute atomic E-state index is 11.7. The van der Waals surface area contributed by atoms with Gasteiger partial charge in [0.25, 0.3) is 0 Å². The molecule has 0 aliphatic carbocycles. The Morgan fingerprint density at radius 3 is 2.47 bits per heavy atom. The van der Waals surface area contributed by atoms with Crippen LogP contribution in [0.5, 0.6) is 5.75 Å². The van der Waals surface area contributed by atoms with E-state index in [1.807, 2.05) is 4.72 Å². The first-order valence-corrected chi connectivity index (χ1v) is 7.22. The van der Waals surface area contributed by atoms with E-state index in [2.05, 4.69) is 0 Å². The topological polar surface area (TPSA) is 89.5 Å². The highest BCUT2D eigenvalue weighted by atomic mass is 32.2. The molecular formula is C12H15NO5S. The SMILES string of the molecule is COc1ccc(CS(=O)(=O)NC(=O)CCC=O)cc1. The molecule has 6 nitrogen and oxygen atoms in total. The molecule has 0 aliphatic rings. The van der Waals surface area contributed by atoms with Crippen molar-refractivity contribution >= 4 is 22.2 Å². The van der Waals surface area contributed by atoms with Crippen molar-refractivity contribution in [3.05, 3.63) is 29.8 Å². The van der Waals surface area contributed by atoms with Crippen molar-refractivity contribution in [1.29, 1.82) is 0 Å². The van der Waals surface area contributed by atoms with E-state index in [1.165, 1.54) is 7.11 Å². The average molecular weight is 285 g/mol. The molecule has 0 fully saturated rings. The number of nitrogens with one attached hydrogen (secondary N) is 1. The lowest BCUT2D eigenvalue weighted by Crippen LogP contribution is -2.31. The van der Waals surface area contributed by atoms with Gasteiger partial charge in [-0.3, -0.25) is 9.52 Å². The fourth-order valence-electron chi connectivity index (χ4n) is 1.39. The lowest BCUT2D eigenvalue weighted by Gasteiger charge is -2.07. The molecule has 1 rings (SSSR count). The van der Waals surface area contributed by atoms with Crippen LogP contribution in [0.15, 0.2) is 24.3 Å². The average Bonchev–Trinajstić information content (AvgIpc) is 2.36. The van der Waals surface area contributed by atoms with E-state index in [4.69, 9.17) is 4.74 Å². The highest BCUT2D eigenvalue weighted by Gasteiger charge is 2.15. The summed E-state index contributed by atoms with van der Waals surface area (Å²) in [5.74, 6) is -0.360. The largest absolute Gasteiger partial charge is 0.497 e. The summed E-state index contributed by atoms with van der Waals surface area (Å²) >= 11 is 0. The van der Waals surface area contributed by atoms with Crippen LogP contribution in [0, 0.1) is 0 Å². The van der Waals surface area contributed by atoms with Crippen molar-refractivity contribution in [2.24, 2.45) is 0 Å². The van der Waals surface area contributed by atoms with E-state index < -0.39 is 15.9 Å². The maximum Gasteiger partial charge on any atom is 0.239 e. The first kappa shape index (κ1) is 15.2. The van der Waals surface area contributed by atoms with Gasteiger partial charge in [0.15, 0.2) is 0 Å². The van der Waals surface area contributed by atoms with Crippen molar-refractivity contribution in [1.82, 2.24) is 4.72 Å². The predicted octanol–water partition coefficient (Wildman–Crippen LogP) is 0.620. The number of carbonyl (C=O) groups excluding carboxylic acids is 2. The van der Waals surface area contributed by atoms with Crippen LogP contribution in [0.25, 0.3) is 0 Å². The Balaban J connectivity index is 2.62. The minimum Gasteiger partial charge on any atom is -0.497 e. The lowest BCUT2D eigenvalue weighted by atomic mass is 10.2. The molecule has 0 spiro atoms. The van der Waals surface area contributed by atoms with Crippen LogP contribution in [-0.2, 0) is 25.4 Å². The molecule has 0 radical (unpaired) electrons. The molecule has 1 aromatic rings. The van der Waals surface area contributed by atoms with Crippen LogP contribution in [0.3, 0.4) is 0 Å². The molecule has 1 N–H and O–H groups in total. The Bertz CT molecular complexity index is 536. The number of rotatable bonds is 7. The predicted molar refractivity (Wildman–Crippen MR) is 69.1 cm³/mol. The Labute approximate surface area is 111 Å². The number of hydrogen-bond donors (Lipinski definition) is 1. The zero-order chi connectivity index (χ0) is 14.3. The highest BCUT2D eigenvalue weighted by molar-refractivity contribution is 7.89. The molecular weight excluding hydrogens is 270 g/mol. The zero-order valence-electron chi connectivity index (χ0n) is 10.5. The summed E-state index contributed by atoms with van der Waals surface area (Å²) in [6, 6.07) is 6.49. The van der Waals surface area contributed by atoms with Gasteiger partial charge in [-0.05, 0) is 17.7 Å². The van der Waals surface area contributed by atoms with Gasteiger partial charge in [-0.15, -0.1) is 0 Å². The van der Waals surface area contributed by atoms with E-state index in [0.29, 0.717) is 17.6 Å². The molecule has 0 atom stereocenters. The number of amides is 1. The van der Waals surface area contributed by atoms with E-state index >= 15 is 0 Å². The third-order valence-corrected chi connectivity index (χ3v) is 3.53. The van der Waals surface area contributed by atoms with Crippen LogP contribution in [0.4, 0.5) is 0 Å². The van der Waals surface area contributed by atoms with Gasteiger partial charge >= 0.3 is 0 Å². The molecule has 0 heterocycles. The van der Waals surface area contributed by atoms with Gasteiger partial charge in [0.1, 0.15) is 12.0 Å². The smallest absolute Gasteiger partial charge is 0.239 e. The van der Waals surface area contributed by atoms with E-state index in [9.17, 15) is 18.0 Å². The molecule has 1 aromatic carbocycles. The minimum atomic E-state index is -3.74. The summed E-state index contributed by atoms with van der Waals surface area (Å²) in [6.45, 7) is 0. The number of aldehydes is 1. The van der Waals surface area contributed by atoms with E-state index in [1.54, 1.807) is 24.3 Å². The second-order valence-corrected chi connectivity index (χ2v) is 5.56. The van der Waals surface area contributed by atoms with Crippen molar-refractivity contribution in [3.63, 3.8) is 0 Å². The molecule has 0 aromatic heterocycles. The van der Waals surface area contributed by atoms with Gasteiger partial charge in [-0.1, -0.05) is 12.1 Å². The summed E-state index contributed by atoms with van der Waals surface area (Å²) in [5.41, 5.74) is 0.538. The third-order valence-electron chi connectivity index (χ3n) is 2.27. The Morgan fingerprint density at radius 1 is 1.32 bits per heavy atom. The first-order chi connectivity index (χ1) is 8.96. The number of sulfonamides is 1. The number of hydrogen-bond acceptors (Lipinski definition) is 5. The van der Waals surface area contributed by atoms with Crippen LogP contribution in [0.2, 0.25) is 0 Å². The summed E-state index contributed by atoms with van der Waals surface area (Å²) < 4.78 is 30.2. The van der Waals surface area contributed by atoms with Crippen molar-refractivity contribution in [3.8, 4) is 5.75 Å². The number of ether oxygens (including phenoxy) is 1. The molecule has 0 saturated carbocycles. The molecule has 1 amide bonds. The van der Waals surface area contributed by atoms with Crippen LogP contribution in [0.1, 0.15) is 18.4 Å². The lowest BCUT2D eigenvalue weighted by molar-refractivity contribution is -0.121. The van der Waals surface area contributed by atoms with Crippen molar-refractivity contribution in [2.45, 2.75) is 18.6 Å². The van der Waals surface area contributed by atoms with Gasteiger partial charge in [-0.25, -0.2) is 8.42 Å². The van der Waals surface area contributed by atoms with Crippen molar-refractivity contribution in [2.75, 3.05) is 7.11 Å². The standard InChI is InChI=1S/C12H15NO5S/c1-18-11-6-4-10(5-7-11)9-19(16,17)13-12(15)3-2-8-14/h4-8H,2-3,9H2,1H3,(H,13,15). The molecule has 0 unspecified atom stereocenters. The van der Waals surface area contributed by atoms with Gasteiger partial charge in [0, 0.05) is 12.8 Å². The molecule has 0 bridgehead atoms. The third kappa shape index (κ3) is 5.52. The van der Waals surface area contributed by atoms with E-state index in [0.717, 1.165) is 0 Å². The Kier molecular flexibility index (Phi) is 5.50. The molecule has 0 saturated heterocycles. The highest BCUT2D eigenvalue weighted by Crippen LogP contribution is 2.13. The number of benzene rings is 1. The minimum absolute atomic E-state index is 0.00386. The van der Waals surface area contributed by atoms with Gasteiger partial charge < -0.3 is 9.53 Å². The normalized spacial score (nSPS) is 10.8. The van der Waals surface area contributed by atoms with Crippen molar-refractivity contribution < 1.29 is 22.7 Å². The summed E-state index contributed by atoms with van der Waals surface area (Å²) in [5, 5.41) is 0. The maximum atomic E-state index is 11.7. The van der Waals surface area contributed by atoms with Gasteiger partial charge in [0.05, 0.1) is 12.9 Å². The number of methoxy groups -OCH3 is 1. The second kappa shape index (κ2) is 6.89. The Hall–Kier alpha value is -1.89. The Morgan fingerprint density at radius 2 is 1.95 bits per heavy atom. The summed E-state index contributed by atoms with van der Waals surface area (Å²) in [7, 11) is -2.23. The molecule has 19 heavy (non-hydrogen) atoms. The first-order valence-electron chi connectivity index (χ1n) is 5.57. The number of carbonyl (C=O) groups is 2. The fraction of sp³-hybridized carbons (Fsp3) is 0.333. The second-order valence-electron chi connectivity index (χ2n) is 3.84. The van der Waals surface area contributed by atoms with Crippen LogP contribution >= 0.6 is 0 Å². The quantitative estimate of drug-likeness (QED) is 0.742. The van der Waals surface area contributed by atoms with Crippen LogP contribution in [-0.4, -0.2) is 27.7 Å².